The smallest absolute Gasteiger partial charge is 0.191 e. The summed E-state index contributed by atoms with van der Waals surface area (Å²) in [4.78, 5) is 8.98. The van der Waals surface area contributed by atoms with Crippen LogP contribution in [0.3, 0.4) is 0 Å². The van der Waals surface area contributed by atoms with Crippen molar-refractivity contribution in [2.45, 2.75) is 63.5 Å². The van der Waals surface area contributed by atoms with E-state index in [1.165, 1.54) is 31.2 Å². The second-order valence-electron chi connectivity index (χ2n) is 8.06. The maximum Gasteiger partial charge on any atom is 0.191 e. The second kappa shape index (κ2) is 9.76. The highest BCUT2D eigenvalue weighted by Gasteiger charge is 2.35. The average Bonchev–Trinajstić information content (AvgIpc) is 3.31. The minimum Gasteiger partial charge on any atom is -0.356 e. The van der Waals surface area contributed by atoms with Crippen LogP contribution < -0.4 is 10.6 Å². The average molecular weight is 573 g/mol. The number of guanidine groups is 1. The quantitative estimate of drug-likeness (QED) is 0.331. The molecule has 2 N–H and O–H groups in total. The van der Waals surface area contributed by atoms with Gasteiger partial charge in [-0.3, -0.25) is 4.99 Å². The highest BCUT2D eigenvalue weighted by molar-refractivity contribution is 14.0. The molecule has 1 atom stereocenters. The zero-order chi connectivity index (χ0) is 19.6. The molecule has 0 saturated heterocycles. The molecule has 1 aliphatic heterocycles. The zero-order valence-electron chi connectivity index (χ0n) is 17.1. The van der Waals surface area contributed by atoms with Gasteiger partial charge in [-0.25, -0.2) is 9.67 Å². The van der Waals surface area contributed by atoms with Gasteiger partial charge in [0, 0.05) is 35.9 Å². The van der Waals surface area contributed by atoms with Crippen molar-refractivity contribution in [3.8, 4) is 0 Å². The molecule has 2 aliphatic rings. The summed E-state index contributed by atoms with van der Waals surface area (Å²) in [6, 6.07) is 9.17. The van der Waals surface area contributed by atoms with Gasteiger partial charge < -0.3 is 10.6 Å². The lowest BCUT2D eigenvalue weighted by Gasteiger charge is -2.32. The Balaban J connectivity index is 0.00000240. The SMILES string of the molecule is CN=C(NCC1(c2ccc(Br)cc2)CCCC1)NC1CCc2nc(C)nn2C1.I. The third-order valence-electron chi connectivity index (χ3n) is 6.14. The number of halogens is 2. The van der Waals surface area contributed by atoms with E-state index in [0.717, 1.165) is 48.0 Å². The molecule has 8 heteroatoms. The summed E-state index contributed by atoms with van der Waals surface area (Å²) >= 11 is 3.56. The fourth-order valence-electron chi connectivity index (χ4n) is 4.62. The Morgan fingerprint density at radius 2 is 2.00 bits per heavy atom. The van der Waals surface area contributed by atoms with Crippen LogP contribution in [0.25, 0.3) is 0 Å². The van der Waals surface area contributed by atoms with Gasteiger partial charge in [0.05, 0.1) is 6.54 Å². The van der Waals surface area contributed by atoms with E-state index in [4.69, 9.17) is 0 Å². The second-order valence-corrected chi connectivity index (χ2v) is 8.97. The fourth-order valence-corrected chi connectivity index (χ4v) is 4.88. The van der Waals surface area contributed by atoms with E-state index in [2.05, 4.69) is 65.9 Å². The number of nitrogens with zero attached hydrogens (tertiary/aromatic N) is 4. The molecule has 0 radical (unpaired) electrons. The van der Waals surface area contributed by atoms with Crippen molar-refractivity contribution in [2.24, 2.45) is 4.99 Å². The van der Waals surface area contributed by atoms with Crippen LogP contribution in [-0.2, 0) is 18.4 Å². The lowest BCUT2D eigenvalue weighted by molar-refractivity contribution is 0.386. The molecule has 158 valence electrons. The molecule has 2 aromatic rings. The molecule has 1 aromatic heterocycles. The molecule has 1 aromatic carbocycles. The Bertz CT molecular complexity index is 841. The Morgan fingerprint density at radius 1 is 1.28 bits per heavy atom. The number of aryl methyl sites for hydroxylation is 2. The van der Waals surface area contributed by atoms with Gasteiger partial charge in [-0.15, -0.1) is 24.0 Å². The summed E-state index contributed by atoms with van der Waals surface area (Å²) in [6.45, 7) is 3.71. The van der Waals surface area contributed by atoms with Gasteiger partial charge in [0.1, 0.15) is 11.6 Å². The number of benzene rings is 1. The predicted octanol–water partition coefficient (Wildman–Crippen LogP) is 3.96. The molecule has 0 bridgehead atoms. The van der Waals surface area contributed by atoms with Crippen LogP contribution in [0.1, 0.15) is 49.3 Å². The summed E-state index contributed by atoms with van der Waals surface area (Å²) in [5, 5.41) is 11.7. The molecule has 1 saturated carbocycles. The van der Waals surface area contributed by atoms with Crippen molar-refractivity contribution in [2.75, 3.05) is 13.6 Å². The molecule has 1 unspecified atom stereocenters. The molecule has 2 heterocycles. The Labute approximate surface area is 198 Å². The summed E-state index contributed by atoms with van der Waals surface area (Å²) in [6.07, 6.45) is 7.05. The zero-order valence-corrected chi connectivity index (χ0v) is 21.0. The van der Waals surface area contributed by atoms with Crippen LogP contribution in [0.4, 0.5) is 0 Å². The van der Waals surface area contributed by atoms with Gasteiger partial charge in [-0.05, 0) is 43.9 Å². The number of hydrogen-bond acceptors (Lipinski definition) is 3. The van der Waals surface area contributed by atoms with Gasteiger partial charge in [0.15, 0.2) is 5.96 Å². The van der Waals surface area contributed by atoms with E-state index in [-0.39, 0.29) is 29.4 Å². The molecule has 1 fully saturated rings. The first-order chi connectivity index (χ1) is 13.6. The van der Waals surface area contributed by atoms with Crippen molar-refractivity contribution in [3.63, 3.8) is 0 Å². The van der Waals surface area contributed by atoms with Gasteiger partial charge in [-0.2, -0.15) is 5.10 Å². The minimum atomic E-state index is 0. The van der Waals surface area contributed by atoms with E-state index in [0.29, 0.717) is 6.04 Å². The lowest BCUT2D eigenvalue weighted by Crippen LogP contribution is -2.50. The van der Waals surface area contributed by atoms with E-state index in [1.54, 1.807) is 0 Å². The predicted molar refractivity (Wildman–Crippen MR) is 131 cm³/mol. The Kier molecular flexibility index (Phi) is 7.58. The fraction of sp³-hybridized carbons (Fsp3) is 0.571. The first-order valence-electron chi connectivity index (χ1n) is 10.2. The summed E-state index contributed by atoms with van der Waals surface area (Å²) in [5.41, 5.74) is 1.62. The van der Waals surface area contributed by atoms with Gasteiger partial charge in [0.25, 0.3) is 0 Å². The van der Waals surface area contributed by atoms with Gasteiger partial charge >= 0.3 is 0 Å². The molecular weight excluding hydrogens is 543 g/mol. The number of hydrogen-bond donors (Lipinski definition) is 2. The summed E-state index contributed by atoms with van der Waals surface area (Å²) in [5.74, 6) is 2.84. The van der Waals surface area contributed by atoms with Crippen molar-refractivity contribution < 1.29 is 0 Å². The largest absolute Gasteiger partial charge is 0.356 e. The third-order valence-corrected chi connectivity index (χ3v) is 6.67. The topological polar surface area (TPSA) is 67.1 Å². The van der Waals surface area contributed by atoms with Gasteiger partial charge in [0.2, 0.25) is 0 Å². The van der Waals surface area contributed by atoms with Crippen LogP contribution >= 0.6 is 39.9 Å². The van der Waals surface area contributed by atoms with Gasteiger partial charge in [-0.1, -0.05) is 40.9 Å². The first-order valence-corrected chi connectivity index (χ1v) is 11.0. The molecule has 4 rings (SSSR count). The molecular formula is C21H30BrIN6. The number of aromatic nitrogens is 3. The molecule has 0 amide bonds. The van der Waals surface area contributed by atoms with Crippen LogP contribution in [-0.4, -0.2) is 40.4 Å². The number of nitrogens with one attached hydrogen (secondary N) is 2. The van der Waals surface area contributed by atoms with Crippen molar-refractivity contribution in [1.29, 1.82) is 0 Å². The Hall–Kier alpha value is -1.16. The monoisotopic (exact) mass is 572 g/mol. The number of fused-ring (bicyclic) bond motifs is 1. The standard InChI is InChI=1S/C21H29BrN6.HI/c1-15-25-19-10-9-18(13-28(19)27-15)26-20(23-2)24-14-21(11-3-4-12-21)16-5-7-17(22)8-6-16;/h5-8,18H,3-4,9-14H2,1-2H3,(H2,23,24,26);1H. The normalized spacial score (nSPS) is 20.7. The highest BCUT2D eigenvalue weighted by atomic mass is 127. The van der Waals surface area contributed by atoms with Crippen LogP contribution in [0, 0.1) is 6.92 Å². The summed E-state index contributed by atoms with van der Waals surface area (Å²) in [7, 11) is 1.85. The van der Waals surface area contributed by atoms with Crippen molar-refractivity contribution in [3.05, 3.63) is 46.0 Å². The number of aliphatic imine (C=N–C) groups is 1. The minimum absolute atomic E-state index is 0. The first kappa shape index (κ1) is 22.5. The number of rotatable bonds is 4. The summed E-state index contributed by atoms with van der Waals surface area (Å²) < 4.78 is 3.17. The van der Waals surface area contributed by atoms with Crippen LogP contribution in [0.15, 0.2) is 33.7 Å². The van der Waals surface area contributed by atoms with E-state index < -0.39 is 0 Å². The molecule has 6 nitrogen and oxygen atoms in total. The molecule has 1 aliphatic carbocycles. The molecule has 29 heavy (non-hydrogen) atoms. The van der Waals surface area contributed by atoms with Crippen LogP contribution in [0.5, 0.6) is 0 Å². The maximum absolute atomic E-state index is 4.50. The maximum atomic E-state index is 4.50. The highest BCUT2D eigenvalue weighted by Crippen LogP contribution is 2.40. The van der Waals surface area contributed by atoms with Crippen molar-refractivity contribution in [1.82, 2.24) is 25.4 Å². The van der Waals surface area contributed by atoms with Crippen molar-refractivity contribution >= 4 is 45.9 Å². The lowest BCUT2D eigenvalue weighted by atomic mass is 9.79. The van der Waals surface area contributed by atoms with E-state index in [9.17, 15) is 0 Å². The van der Waals surface area contributed by atoms with E-state index in [1.807, 2.05) is 18.7 Å². The van der Waals surface area contributed by atoms with Crippen LogP contribution in [0.2, 0.25) is 0 Å². The van der Waals surface area contributed by atoms with E-state index >= 15 is 0 Å². The Morgan fingerprint density at radius 3 is 2.69 bits per heavy atom. The third kappa shape index (κ3) is 5.13. The molecule has 0 spiro atoms.